The molecule has 0 saturated carbocycles. The quantitative estimate of drug-likeness (QED) is 0.0412. The van der Waals surface area contributed by atoms with E-state index in [9.17, 15) is 28.4 Å². The number of likely N-dealkylation sites (N-methyl/N-ethyl adjacent to an activating group) is 1. The number of hydrogen-bond acceptors (Lipinski definition) is 15. The molecule has 0 radical (unpaired) electrons. The fourth-order valence-electron chi connectivity index (χ4n) is 12.1. The monoisotopic (exact) mass is 1200 g/mol. The number of pyridine rings is 1. The van der Waals surface area contributed by atoms with Crippen LogP contribution >= 0.6 is 0 Å². The number of nitrogens with one attached hydrogen (secondary N) is 4. The van der Waals surface area contributed by atoms with Crippen LogP contribution in [0, 0.1) is 18.2 Å². The largest absolute Gasteiger partial charge is 0.491 e. The number of fused-ring (bicyclic) bond motifs is 10. The lowest BCUT2D eigenvalue weighted by Gasteiger charge is -2.41. The van der Waals surface area contributed by atoms with E-state index in [-0.39, 0.29) is 74.3 Å². The van der Waals surface area contributed by atoms with Crippen molar-refractivity contribution < 1.29 is 52.0 Å². The van der Waals surface area contributed by atoms with Crippen molar-refractivity contribution in [1.29, 1.82) is 0 Å². The van der Waals surface area contributed by atoms with Crippen LogP contribution in [0.4, 0.5) is 15.9 Å². The highest BCUT2D eigenvalue weighted by Gasteiger charge is 2.43. The molecule has 6 N–H and O–H groups in total. The van der Waals surface area contributed by atoms with Gasteiger partial charge in [-0.1, -0.05) is 51.1 Å². The number of hydrogen-bond donors (Lipinski definition) is 5. The van der Waals surface area contributed by atoms with Gasteiger partial charge in [-0.05, 0) is 123 Å². The van der Waals surface area contributed by atoms with Crippen molar-refractivity contribution in [3.8, 4) is 16.9 Å². The number of carbonyl (C=O) groups is 5. The van der Waals surface area contributed by atoms with Crippen molar-refractivity contribution in [3.63, 3.8) is 0 Å². The van der Waals surface area contributed by atoms with Gasteiger partial charge >= 0.3 is 0 Å². The molecule has 1 fully saturated rings. The standard InChI is InChI=1S/C65H86FN11O10/c1-41(68-6)61(79)72-59(65(3,4)5)64(82)76-39-46-34-48(19-17-44(46)35-56(76)62(80)71-52-15-10-13-43-12-8-9-14-49(43)52)87-33-32-86-31-30-85-29-28-84-27-26-83-25-21-57(78)69-22-24-77-42(2)58-45-36-55(60(67)70-38-45)75-23-11-16-54(75)51-37-47(66)18-20-50(51)63(81)74(7)40-53(58)73-77/h8-9,12,14,17-20,34,36-38,41,52,54,56,59,68H,10-11,13,15-16,21-33,35,39-40H2,1-7H3,(H2,67,70)(H,69,78)(H,71,80)(H,72,79)/t41-,52?,54+,56-,59+/m0/s1. The Morgan fingerprint density at radius 2 is 1.56 bits per heavy atom. The van der Waals surface area contributed by atoms with Crippen LogP contribution in [0.1, 0.15) is 121 Å². The Morgan fingerprint density at radius 3 is 2.30 bits per heavy atom. The Balaban J connectivity index is 0.660. The number of nitrogens with zero attached hydrogens (tertiary/aromatic N) is 6. The summed E-state index contributed by atoms with van der Waals surface area (Å²) in [7, 11) is 3.41. The summed E-state index contributed by atoms with van der Waals surface area (Å²) in [6.45, 7) is 14.1. The van der Waals surface area contributed by atoms with Gasteiger partial charge in [0.05, 0.1) is 95.5 Å². The summed E-state index contributed by atoms with van der Waals surface area (Å²) in [5.74, 6) is -0.677. The number of rotatable bonds is 25. The van der Waals surface area contributed by atoms with E-state index in [1.165, 1.54) is 17.7 Å². The highest BCUT2D eigenvalue weighted by Crippen LogP contribution is 2.43. The van der Waals surface area contributed by atoms with Gasteiger partial charge in [0.15, 0.2) is 0 Å². The molecule has 2 aromatic heterocycles. The van der Waals surface area contributed by atoms with Gasteiger partial charge in [-0.2, -0.15) is 5.10 Å². The summed E-state index contributed by atoms with van der Waals surface area (Å²) in [6.07, 6.45) is 6.51. The Labute approximate surface area is 509 Å². The van der Waals surface area contributed by atoms with Gasteiger partial charge in [0, 0.05) is 68.1 Å². The Morgan fingerprint density at radius 1 is 0.839 bits per heavy atom. The molecular formula is C65H86FN11O10. The maximum absolute atomic E-state index is 14.7. The number of nitrogen functional groups attached to an aromatic ring is 1. The zero-order valence-corrected chi connectivity index (χ0v) is 51.4. The second kappa shape index (κ2) is 29.5. The average Bonchev–Trinajstić information content (AvgIpc) is 1.89. The first-order chi connectivity index (χ1) is 41.9. The number of nitrogens with two attached hydrogens (primary N) is 1. The van der Waals surface area contributed by atoms with Crippen LogP contribution in [-0.2, 0) is 70.6 Å². The molecule has 22 heteroatoms. The lowest BCUT2D eigenvalue weighted by molar-refractivity contribution is -0.147. The van der Waals surface area contributed by atoms with E-state index < -0.39 is 29.4 Å². The van der Waals surface area contributed by atoms with Gasteiger partial charge < -0.3 is 65.4 Å². The zero-order chi connectivity index (χ0) is 61.8. The topological polar surface area (TPSA) is 246 Å². The van der Waals surface area contributed by atoms with Crippen molar-refractivity contribution in [2.45, 2.75) is 129 Å². The number of ether oxygens (including phenoxy) is 5. The first-order valence-electron chi connectivity index (χ1n) is 30.5. The predicted octanol–water partition coefficient (Wildman–Crippen LogP) is 6.14. The van der Waals surface area contributed by atoms with E-state index in [0.29, 0.717) is 101 Å². The first kappa shape index (κ1) is 64.0. The molecule has 87 heavy (non-hydrogen) atoms. The molecule has 468 valence electrons. The van der Waals surface area contributed by atoms with E-state index in [0.717, 1.165) is 71.3 Å². The van der Waals surface area contributed by atoms with E-state index in [4.69, 9.17) is 34.5 Å². The number of carbonyl (C=O) groups excluding carboxylic acids is 5. The first-order valence-corrected chi connectivity index (χ1v) is 30.5. The molecule has 5 heterocycles. The minimum absolute atomic E-state index is 0.159. The molecule has 5 aromatic rings. The number of benzene rings is 3. The second-order valence-corrected chi connectivity index (χ2v) is 24.0. The fraction of sp³-hybridized carbons (Fsp3) is 0.523. The third-order valence-electron chi connectivity index (χ3n) is 16.9. The summed E-state index contributed by atoms with van der Waals surface area (Å²) in [4.78, 5) is 79.1. The van der Waals surface area contributed by atoms with E-state index in [2.05, 4.69) is 43.3 Å². The molecule has 9 rings (SSSR count). The average molecular weight is 1200 g/mol. The molecule has 5 amide bonds. The van der Waals surface area contributed by atoms with Gasteiger partial charge in [0.25, 0.3) is 5.91 Å². The summed E-state index contributed by atoms with van der Waals surface area (Å²) < 4.78 is 45.4. The number of amides is 5. The van der Waals surface area contributed by atoms with Crippen LogP contribution in [0.5, 0.6) is 5.75 Å². The van der Waals surface area contributed by atoms with Crippen LogP contribution in [0.2, 0.25) is 0 Å². The highest BCUT2D eigenvalue weighted by atomic mass is 19.1. The molecule has 1 saturated heterocycles. The molecule has 21 nitrogen and oxygen atoms in total. The smallest absolute Gasteiger partial charge is 0.254 e. The number of aryl methyl sites for hydroxylation is 1. The van der Waals surface area contributed by atoms with Crippen molar-refractivity contribution in [1.82, 2.24) is 45.8 Å². The van der Waals surface area contributed by atoms with Gasteiger partial charge in [0.2, 0.25) is 23.6 Å². The number of anilines is 2. The molecule has 4 aliphatic rings. The van der Waals surface area contributed by atoms with Crippen molar-refractivity contribution in [2.24, 2.45) is 5.41 Å². The molecule has 1 aliphatic carbocycles. The molecule has 1 unspecified atom stereocenters. The maximum Gasteiger partial charge on any atom is 0.254 e. The summed E-state index contributed by atoms with van der Waals surface area (Å²) in [6, 6.07) is 17.7. The van der Waals surface area contributed by atoms with Crippen LogP contribution in [0.25, 0.3) is 11.1 Å². The molecule has 2 bridgehead atoms. The maximum atomic E-state index is 14.7. The third kappa shape index (κ3) is 15.8. The SMILES string of the molecule is CN[C@@H](C)C(=O)N[C@H](C(=O)N1Cc2cc(OCCOCCOCCOCCOCCC(=O)NCCn3nc4c(c3C)-c3cnc(N)c(c3)N3CCC[C@@H]3c3cc(F)ccc3C(=O)N(C)C4)ccc2C[C@H]1C(=O)NC1CCCc2ccccc21)C(C)(C)C. The van der Waals surface area contributed by atoms with E-state index in [1.807, 2.05) is 68.8 Å². The van der Waals surface area contributed by atoms with E-state index >= 15 is 0 Å². The molecule has 3 aromatic carbocycles. The third-order valence-corrected chi connectivity index (χ3v) is 16.9. The Hall–Kier alpha value is -7.50. The van der Waals surface area contributed by atoms with Crippen LogP contribution in [0.15, 0.2) is 72.9 Å². The minimum atomic E-state index is -0.889. The van der Waals surface area contributed by atoms with Crippen LogP contribution in [0.3, 0.4) is 0 Å². The Bertz CT molecular complexity index is 3240. The Kier molecular flexibility index (Phi) is 21.7. The van der Waals surface area contributed by atoms with Crippen LogP contribution < -0.4 is 36.6 Å². The fourth-order valence-corrected chi connectivity index (χ4v) is 12.1. The zero-order valence-electron chi connectivity index (χ0n) is 51.4. The summed E-state index contributed by atoms with van der Waals surface area (Å²) >= 11 is 0. The molecule has 0 spiro atoms. The highest BCUT2D eigenvalue weighted by molar-refractivity contribution is 5.96. The summed E-state index contributed by atoms with van der Waals surface area (Å²) in [5, 5.41) is 17.1. The predicted molar refractivity (Wildman–Crippen MR) is 327 cm³/mol. The molecule has 5 atom stereocenters. The summed E-state index contributed by atoms with van der Waals surface area (Å²) in [5.41, 5.74) is 14.9. The van der Waals surface area contributed by atoms with Crippen molar-refractivity contribution >= 4 is 41.0 Å². The van der Waals surface area contributed by atoms with Crippen molar-refractivity contribution in [3.05, 3.63) is 124 Å². The van der Waals surface area contributed by atoms with Gasteiger partial charge in [-0.15, -0.1) is 0 Å². The number of aromatic nitrogens is 3. The normalized spacial score (nSPS) is 18.0. The van der Waals surface area contributed by atoms with Gasteiger partial charge in [-0.25, -0.2) is 9.37 Å². The van der Waals surface area contributed by atoms with Crippen molar-refractivity contribution in [2.75, 3.05) is 97.3 Å². The van der Waals surface area contributed by atoms with Crippen LogP contribution in [-0.4, -0.2) is 159 Å². The molecular weight excluding hydrogens is 1110 g/mol. The molecule has 3 aliphatic heterocycles. The lowest BCUT2D eigenvalue weighted by atomic mass is 9.83. The van der Waals surface area contributed by atoms with Gasteiger partial charge in [-0.3, -0.25) is 28.7 Å². The van der Waals surface area contributed by atoms with Gasteiger partial charge in [0.1, 0.15) is 36.1 Å². The number of halogens is 1. The minimum Gasteiger partial charge on any atom is -0.491 e. The lowest BCUT2D eigenvalue weighted by Crippen LogP contribution is -2.62. The van der Waals surface area contributed by atoms with E-state index in [1.54, 1.807) is 43.1 Å². The second-order valence-electron chi connectivity index (χ2n) is 24.0.